The van der Waals surface area contributed by atoms with Crippen molar-refractivity contribution in [3.8, 4) is 11.5 Å². The van der Waals surface area contributed by atoms with Crippen LogP contribution in [0.15, 0.2) is 18.2 Å². The molecule has 1 aliphatic rings. The second-order valence-corrected chi connectivity index (χ2v) is 5.38. The summed E-state index contributed by atoms with van der Waals surface area (Å²) in [6.45, 7) is 6.05. The number of hydrogen-bond donors (Lipinski definition) is 0. The highest BCUT2D eigenvalue weighted by molar-refractivity contribution is 5.43. The van der Waals surface area contributed by atoms with Gasteiger partial charge in [-0.05, 0) is 37.1 Å². The van der Waals surface area contributed by atoms with Crippen molar-refractivity contribution in [2.45, 2.75) is 12.8 Å². The molecule has 1 heterocycles. The van der Waals surface area contributed by atoms with Crippen molar-refractivity contribution in [3.05, 3.63) is 23.8 Å². The second kappa shape index (κ2) is 9.66. The summed E-state index contributed by atoms with van der Waals surface area (Å²) in [6, 6.07) is 6.17. The zero-order valence-corrected chi connectivity index (χ0v) is 13.7. The number of nitrogens with zero attached hydrogens (tertiary/aromatic N) is 1. The summed E-state index contributed by atoms with van der Waals surface area (Å²) in [4.78, 5) is 2.46. The van der Waals surface area contributed by atoms with Crippen LogP contribution in [0.3, 0.4) is 0 Å². The van der Waals surface area contributed by atoms with Crippen LogP contribution in [0.1, 0.15) is 12.0 Å². The minimum absolute atomic E-state index is 0.531. The van der Waals surface area contributed by atoms with Gasteiger partial charge in [-0.1, -0.05) is 6.07 Å². The van der Waals surface area contributed by atoms with E-state index in [1.807, 2.05) is 6.07 Å². The Morgan fingerprint density at radius 3 is 2.64 bits per heavy atom. The van der Waals surface area contributed by atoms with E-state index in [-0.39, 0.29) is 0 Å². The highest BCUT2D eigenvalue weighted by Gasteiger charge is 2.10. The molecule has 0 saturated carbocycles. The van der Waals surface area contributed by atoms with Crippen LogP contribution in [0.5, 0.6) is 11.5 Å². The fourth-order valence-corrected chi connectivity index (χ4v) is 2.55. The minimum Gasteiger partial charge on any atom is -0.493 e. The Kier molecular flexibility index (Phi) is 7.49. The van der Waals surface area contributed by atoms with Crippen LogP contribution >= 0.6 is 0 Å². The number of morpholine rings is 1. The topological polar surface area (TPSA) is 40.2 Å². The van der Waals surface area contributed by atoms with Crippen LogP contribution in [0.2, 0.25) is 0 Å². The molecule has 5 nitrogen and oxygen atoms in total. The Labute approximate surface area is 133 Å². The van der Waals surface area contributed by atoms with Gasteiger partial charge in [0.2, 0.25) is 0 Å². The third-order valence-corrected chi connectivity index (χ3v) is 3.82. The Hall–Kier alpha value is -1.30. The molecule has 0 aromatic heterocycles. The lowest BCUT2D eigenvalue weighted by Crippen LogP contribution is -2.36. The number of hydrogen-bond acceptors (Lipinski definition) is 5. The van der Waals surface area contributed by atoms with Gasteiger partial charge in [0.15, 0.2) is 11.5 Å². The number of rotatable bonds is 9. The number of ether oxygens (including phenoxy) is 4. The molecule has 124 valence electrons. The van der Waals surface area contributed by atoms with E-state index in [0.29, 0.717) is 13.2 Å². The highest BCUT2D eigenvalue weighted by atomic mass is 16.5. The molecule has 0 spiro atoms. The van der Waals surface area contributed by atoms with Crippen molar-refractivity contribution in [1.82, 2.24) is 4.90 Å². The van der Waals surface area contributed by atoms with E-state index in [4.69, 9.17) is 18.9 Å². The lowest BCUT2D eigenvalue weighted by Gasteiger charge is -2.26. The maximum atomic E-state index is 5.65. The van der Waals surface area contributed by atoms with E-state index in [1.54, 1.807) is 14.2 Å². The molecule has 1 aromatic rings. The van der Waals surface area contributed by atoms with Gasteiger partial charge in [-0.15, -0.1) is 0 Å². The Morgan fingerprint density at radius 2 is 1.91 bits per heavy atom. The standard InChI is InChI=1S/C17H27NO4/c1-19-12-13-22-16-6-5-15(14-17(16)20-2)4-3-7-18-8-10-21-11-9-18/h5-6,14H,3-4,7-13H2,1-2H3. The van der Waals surface area contributed by atoms with Gasteiger partial charge in [-0.3, -0.25) is 4.90 Å². The maximum Gasteiger partial charge on any atom is 0.161 e. The van der Waals surface area contributed by atoms with Crippen molar-refractivity contribution in [2.75, 3.05) is 60.3 Å². The van der Waals surface area contributed by atoms with E-state index in [9.17, 15) is 0 Å². The predicted octanol–water partition coefficient (Wildman–Crippen LogP) is 1.99. The summed E-state index contributed by atoms with van der Waals surface area (Å²) in [6.07, 6.45) is 2.19. The molecule has 5 heteroatoms. The average molecular weight is 309 g/mol. The summed E-state index contributed by atoms with van der Waals surface area (Å²) >= 11 is 0. The number of benzene rings is 1. The van der Waals surface area contributed by atoms with Crippen LogP contribution in [-0.4, -0.2) is 65.2 Å². The molecule has 0 unspecified atom stereocenters. The quantitative estimate of drug-likeness (QED) is 0.652. The van der Waals surface area contributed by atoms with Gasteiger partial charge in [0.05, 0.1) is 26.9 Å². The van der Waals surface area contributed by atoms with Gasteiger partial charge in [0.1, 0.15) is 6.61 Å². The number of methoxy groups -OCH3 is 2. The smallest absolute Gasteiger partial charge is 0.161 e. The molecule has 0 aliphatic carbocycles. The van der Waals surface area contributed by atoms with Crippen LogP contribution in [0, 0.1) is 0 Å². The summed E-state index contributed by atoms with van der Waals surface area (Å²) in [5, 5.41) is 0. The summed E-state index contributed by atoms with van der Waals surface area (Å²) in [5.74, 6) is 1.57. The predicted molar refractivity (Wildman–Crippen MR) is 85.9 cm³/mol. The molecule has 2 rings (SSSR count). The van der Waals surface area contributed by atoms with Crippen LogP contribution < -0.4 is 9.47 Å². The first-order valence-corrected chi connectivity index (χ1v) is 7.92. The lowest BCUT2D eigenvalue weighted by molar-refractivity contribution is 0.0374. The van der Waals surface area contributed by atoms with Gasteiger partial charge in [0.25, 0.3) is 0 Å². The zero-order valence-electron chi connectivity index (χ0n) is 13.7. The maximum absolute atomic E-state index is 5.65. The first-order chi connectivity index (χ1) is 10.8. The SMILES string of the molecule is COCCOc1ccc(CCCN2CCOCC2)cc1OC. The highest BCUT2D eigenvalue weighted by Crippen LogP contribution is 2.28. The van der Waals surface area contributed by atoms with Crippen molar-refractivity contribution in [1.29, 1.82) is 0 Å². The third kappa shape index (κ3) is 5.48. The van der Waals surface area contributed by atoms with Crippen LogP contribution in [-0.2, 0) is 15.9 Å². The molecular weight excluding hydrogens is 282 g/mol. The van der Waals surface area contributed by atoms with E-state index < -0.39 is 0 Å². The van der Waals surface area contributed by atoms with Gasteiger partial charge in [-0.2, -0.15) is 0 Å². The minimum atomic E-state index is 0.531. The van der Waals surface area contributed by atoms with E-state index >= 15 is 0 Å². The van der Waals surface area contributed by atoms with Crippen LogP contribution in [0.25, 0.3) is 0 Å². The van der Waals surface area contributed by atoms with E-state index in [2.05, 4.69) is 17.0 Å². The van der Waals surface area contributed by atoms with Crippen molar-refractivity contribution < 1.29 is 18.9 Å². The Morgan fingerprint density at radius 1 is 1.09 bits per heavy atom. The molecule has 22 heavy (non-hydrogen) atoms. The van der Waals surface area contributed by atoms with Crippen LogP contribution in [0.4, 0.5) is 0 Å². The largest absolute Gasteiger partial charge is 0.493 e. The fourth-order valence-electron chi connectivity index (χ4n) is 2.55. The molecule has 1 aromatic carbocycles. The van der Waals surface area contributed by atoms with Gasteiger partial charge < -0.3 is 18.9 Å². The van der Waals surface area contributed by atoms with Crippen molar-refractivity contribution in [2.24, 2.45) is 0 Å². The van der Waals surface area contributed by atoms with Crippen molar-refractivity contribution >= 4 is 0 Å². The monoisotopic (exact) mass is 309 g/mol. The molecule has 1 saturated heterocycles. The molecule has 0 bridgehead atoms. The average Bonchev–Trinajstić information content (AvgIpc) is 2.57. The molecule has 0 atom stereocenters. The lowest BCUT2D eigenvalue weighted by atomic mass is 10.1. The second-order valence-electron chi connectivity index (χ2n) is 5.38. The molecule has 0 radical (unpaired) electrons. The first-order valence-electron chi connectivity index (χ1n) is 7.92. The molecule has 0 amide bonds. The summed E-state index contributed by atoms with van der Waals surface area (Å²) in [7, 11) is 3.34. The molecular formula is C17H27NO4. The van der Waals surface area contributed by atoms with Gasteiger partial charge >= 0.3 is 0 Å². The summed E-state index contributed by atoms with van der Waals surface area (Å²) < 4.78 is 21.4. The Bertz CT molecular complexity index is 433. The number of aryl methyl sites for hydroxylation is 1. The molecule has 1 fully saturated rings. The van der Waals surface area contributed by atoms with Gasteiger partial charge in [0, 0.05) is 20.2 Å². The van der Waals surface area contributed by atoms with Gasteiger partial charge in [-0.25, -0.2) is 0 Å². The fraction of sp³-hybridized carbons (Fsp3) is 0.647. The normalized spacial score (nSPS) is 15.7. The Balaban J connectivity index is 1.80. The van der Waals surface area contributed by atoms with E-state index in [1.165, 1.54) is 5.56 Å². The summed E-state index contributed by atoms with van der Waals surface area (Å²) in [5.41, 5.74) is 1.28. The van der Waals surface area contributed by atoms with Crippen molar-refractivity contribution in [3.63, 3.8) is 0 Å². The van der Waals surface area contributed by atoms with E-state index in [0.717, 1.165) is 57.2 Å². The third-order valence-electron chi connectivity index (χ3n) is 3.82. The molecule has 0 N–H and O–H groups in total. The molecule has 1 aliphatic heterocycles. The first kappa shape index (κ1) is 17.1. The zero-order chi connectivity index (χ0) is 15.6.